The van der Waals surface area contributed by atoms with Crippen LogP contribution < -0.4 is 5.73 Å². The van der Waals surface area contributed by atoms with E-state index >= 15 is 0 Å². The van der Waals surface area contributed by atoms with E-state index in [4.69, 9.17) is 5.73 Å². The second kappa shape index (κ2) is 6.71. The molecule has 0 aromatic rings. The summed E-state index contributed by atoms with van der Waals surface area (Å²) in [6.07, 6.45) is 4.36. The number of rotatable bonds is 3. The van der Waals surface area contributed by atoms with Crippen LogP contribution in [0.3, 0.4) is 0 Å². The van der Waals surface area contributed by atoms with Gasteiger partial charge >= 0.3 is 0 Å². The molecule has 1 amide bonds. The van der Waals surface area contributed by atoms with Crippen molar-refractivity contribution in [3.63, 3.8) is 0 Å². The summed E-state index contributed by atoms with van der Waals surface area (Å²) in [5.41, 5.74) is 6.12. The molecule has 1 aliphatic heterocycles. The third kappa shape index (κ3) is 3.93. The van der Waals surface area contributed by atoms with Crippen molar-refractivity contribution in [2.24, 2.45) is 17.6 Å². The van der Waals surface area contributed by atoms with Gasteiger partial charge in [0.25, 0.3) is 0 Å². The van der Waals surface area contributed by atoms with Crippen molar-refractivity contribution in [3.8, 4) is 0 Å². The molecule has 0 bridgehead atoms. The zero-order chi connectivity index (χ0) is 13.8. The maximum absolute atomic E-state index is 12.5. The quantitative estimate of drug-likeness (QED) is 0.838. The van der Waals surface area contributed by atoms with Crippen molar-refractivity contribution in [2.75, 3.05) is 32.7 Å². The van der Waals surface area contributed by atoms with Gasteiger partial charge in [0.05, 0.1) is 5.92 Å². The highest BCUT2D eigenvalue weighted by atomic mass is 16.2. The van der Waals surface area contributed by atoms with E-state index in [0.29, 0.717) is 11.8 Å². The summed E-state index contributed by atoms with van der Waals surface area (Å²) in [6.45, 7) is 9.45. The molecular formula is C15H29N3O. The van der Waals surface area contributed by atoms with E-state index < -0.39 is 0 Å². The molecule has 1 heterocycles. The predicted molar refractivity (Wildman–Crippen MR) is 77.8 cm³/mol. The van der Waals surface area contributed by atoms with E-state index in [1.165, 1.54) is 6.42 Å². The summed E-state index contributed by atoms with van der Waals surface area (Å²) in [5.74, 6) is 1.11. The van der Waals surface area contributed by atoms with Gasteiger partial charge in [-0.25, -0.2) is 0 Å². The molecule has 0 radical (unpaired) electrons. The minimum Gasteiger partial charge on any atom is -0.340 e. The standard InChI is InChI=1S/C15H29N3O/c1-12(2)11-17-7-9-18(10-8-17)15(19)13-5-3-4-6-14(13)16/h12-14H,3-11,16H2,1-2H3. The van der Waals surface area contributed by atoms with Crippen molar-refractivity contribution >= 4 is 5.91 Å². The third-order valence-electron chi connectivity index (χ3n) is 4.44. The zero-order valence-electron chi connectivity index (χ0n) is 12.5. The van der Waals surface area contributed by atoms with Gasteiger partial charge in [-0.05, 0) is 18.8 Å². The number of amides is 1. The lowest BCUT2D eigenvalue weighted by molar-refractivity contribution is -0.139. The Balaban J connectivity index is 1.81. The average Bonchev–Trinajstić information content (AvgIpc) is 2.39. The van der Waals surface area contributed by atoms with E-state index in [-0.39, 0.29) is 12.0 Å². The Kier molecular flexibility index (Phi) is 5.22. The highest BCUT2D eigenvalue weighted by Gasteiger charge is 2.32. The number of piperazine rings is 1. The lowest BCUT2D eigenvalue weighted by Crippen LogP contribution is -2.53. The molecule has 2 N–H and O–H groups in total. The van der Waals surface area contributed by atoms with Gasteiger partial charge in [-0.1, -0.05) is 26.7 Å². The molecule has 1 saturated heterocycles. The normalized spacial score (nSPS) is 29.8. The van der Waals surface area contributed by atoms with Gasteiger partial charge in [0.2, 0.25) is 5.91 Å². The molecule has 4 nitrogen and oxygen atoms in total. The van der Waals surface area contributed by atoms with Crippen LogP contribution in [0.15, 0.2) is 0 Å². The molecule has 110 valence electrons. The van der Waals surface area contributed by atoms with Gasteiger partial charge in [0, 0.05) is 38.8 Å². The number of hydrogen-bond acceptors (Lipinski definition) is 3. The topological polar surface area (TPSA) is 49.6 Å². The van der Waals surface area contributed by atoms with Gasteiger partial charge in [-0.3, -0.25) is 9.69 Å². The Bertz CT molecular complexity index is 298. The van der Waals surface area contributed by atoms with Crippen LogP contribution in [0, 0.1) is 11.8 Å². The first-order valence-corrected chi connectivity index (χ1v) is 7.84. The van der Waals surface area contributed by atoms with Crippen molar-refractivity contribution in [1.29, 1.82) is 0 Å². The molecule has 2 atom stereocenters. The highest BCUT2D eigenvalue weighted by Crippen LogP contribution is 2.25. The second-order valence-electron chi connectivity index (χ2n) is 6.57. The maximum Gasteiger partial charge on any atom is 0.227 e. The molecule has 1 aliphatic carbocycles. The van der Waals surface area contributed by atoms with Crippen molar-refractivity contribution < 1.29 is 4.79 Å². The number of hydrogen-bond donors (Lipinski definition) is 1. The van der Waals surface area contributed by atoms with Gasteiger partial charge in [0.1, 0.15) is 0 Å². The van der Waals surface area contributed by atoms with Crippen molar-refractivity contribution in [3.05, 3.63) is 0 Å². The summed E-state index contributed by atoms with van der Waals surface area (Å²) in [5, 5.41) is 0. The maximum atomic E-state index is 12.5. The molecule has 4 heteroatoms. The molecule has 2 aliphatic rings. The van der Waals surface area contributed by atoms with Crippen LogP contribution in [0.4, 0.5) is 0 Å². The Morgan fingerprint density at radius 1 is 1.16 bits per heavy atom. The summed E-state index contributed by atoms with van der Waals surface area (Å²) in [6, 6.07) is 0.0925. The molecule has 2 fully saturated rings. The van der Waals surface area contributed by atoms with Crippen molar-refractivity contribution in [1.82, 2.24) is 9.80 Å². The first-order valence-electron chi connectivity index (χ1n) is 7.84. The average molecular weight is 267 g/mol. The lowest BCUT2D eigenvalue weighted by Gasteiger charge is -2.39. The number of nitrogens with zero attached hydrogens (tertiary/aromatic N) is 2. The molecule has 1 saturated carbocycles. The minimum atomic E-state index is 0.0883. The monoisotopic (exact) mass is 267 g/mol. The van der Waals surface area contributed by atoms with Crippen LogP contribution in [0.1, 0.15) is 39.5 Å². The highest BCUT2D eigenvalue weighted by molar-refractivity contribution is 5.79. The van der Waals surface area contributed by atoms with Crippen LogP contribution in [-0.2, 0) is 4.79 Å². The fourth-order valence-electron chi connectivity index (χ4n) is 3.37. The van der Waals surface area contributed by atoms with E-state index in [1.54, 1.807) is 0 Å². The SMILES string of the molecule is CC(C)CN1CCN(C(=O)C2CCCCC2N)CC1. The van der Waals surface area contributed by atoms with Gasteiger partial charge in [0.15, 0.2) is 0 Å². The van der Waals surface area contributed by atoms with Crippen LogP contribution >= 0.6 is 0 Å². The molecule has 2 rings (SSSR count). The van der Waals surface area contributed by atoms with Gasteiger partial charge in [-0.15, -0.1) is 0 Å². The predicted octanol–water partition coefficient (Wildman–Crippen LogP) is 1.30. The van der Waals surface area contributed by atoms with Gasteiger partial charge in [-0.2, -0.15) is 0 Å². The lowest BCUT2D eigenvalue weighted by atomic mass is 9.84. The number of carbonyl (C=O) groups is 1. The van der Waals surface area contributed by atoms with Gasteiger partial charge < -0.3 is 10.6 Å². The minimum absolute atomic E-state index is 0.0883. The Hall–Kier alpha value is -0.610. The van der Waals surface area contributed by atoms with Crippen LogP contribution in [-0.4, -0.2) is 54.5 Å². The Morgan fingerprint density at radius 3 is 2.37 bits per heavy atom. The fourth-order valence-corrected chi connectivity index (χ4v) is 3.37. The molecule has 19 heavy (non-hydrogen) atoms. The van der Waals surface area contributed by atoms with E-state index in [0.717, 1.165) is 52.0 Å². The molecular weight excluding hydrogens is 238 g/mol. The Morgan fingerprint density at radius 2 is 1.79 bits per heavy atom. The summed E-state index contributed by atoms with van der Waals surface area (Å²) >= 11 is 0. The van der Waals surface area contributed by atoms with Crippen LogP contribution in [0.2, 0.25) is 0 Å². The Labute approximate surface area is 117 Å². The molecule has 0 aromatic heterocycles. The third-order valence-corrected chi connectivity index (χ3v) is 4.44. The molecule has 0 aromatic carbocycles. The summed E-state index contributed by atoms with van der Waals surface area (Å²) < 4.78 is 0. The summed E-state index contributed by atoms with van der Waals surface area (Å²) in [4.78, 5) is 17.0. The smallest absolute Gasteiger partial charge is 0.227 e. The summed E-state index contributed by atoms with van der Waals surface area (Å²) in [7, 11) is 0. The zero-order valence-corrected chi connectivity index (χ0v) is 12.5. The largest absolute Gasteiger partial charge is 0.340 e. The first kappa shape index (κ1) is 14.8. The van der Waals surface area contributed by atoms with Crippen LogP contribution in [0.25, 0.3) is 0 Å². The fraction of sp³-hybridized carbons (Fsp3) is 0.933. The van der Waals surface area contributed by atoms with Crippen molar-refractivity contribution in [2.45, 2.75) is 45.6 Å². The van der Waals surface area contributed by atoms with E-state index in [2.05, 4.69) is 18.7 Å². The van der Waals surface area contributed by atoms with E-state index in [1.807, 2.05) is 4.90 Å². The second-order valence-corrected chi connectivity index (χ2v) is 6.57. The molecule has 2 unspecified atom stereocenters. The number of carbonyl (C=O) groups excluding carboxylic acids is 1. The van der Waals surface area contributed by atoms with Crippen LogP contribution in [0.5, 0.6) is 0 Å². The first-order chi connectivity index (χ1) is 9.08. The number of nitrogens with two attached hydrogens (primary N) is 1. The molecule has 0 spiro atoms. The van der Waals surface area contributed by atoms with E-state index in [9.17, 15) is 4.79 Å².